The number of fused-ring (bicyclic) bond motifs is 1. The van der Waals surface area contributed by atoms with Crippen molar-refractivity contribution in [2.45, 2.75) is 13.1 Å². The normalized spacial score (nSPS) is 12.0. The lowest BCUT2D eigenvalue weighted by Gasteiger charge is -2.04. The fraction of sp³-hybridized carbons (Fsp3) is 0.182. The summed E-state index contributed by atoms with van der Waals surface area (Å²) >= 11 is 0. The quantitative estimate of drug-likeness (QED) is 0.755. The van der Waals surface area contributed by atoms with Crippen molar-refractivity contribution in [3.05, 3.63) is 29.7 Å². The number of aryl methyl sites for hydroxylation is 1. The van der Waals surface area contributed by atoms with Gasteiger partial charge in [-0.3, -0.25) is 5.32 Å². The summed E-state index contributed by atoms with van der Waals surface area (Å²) in [6, 6.07) is 3.37. The van der Waals surface area contributed by atoms with E-state index >= 15 is 0 Å². The standard InChI is InChI=1S/C11H8F3N5O/c1-5-18-19-10(20-5)17-9-15-7-3-2-6(11(12,13)14)4-8(7)16-9/h2-4H,1H3,(H2,15,16,17,19). The van der Waals surface area contributed by atoms with Crippen molar-refractivity contribution < 1.29 is 17.6 Å². The Balaban J connectivity index is 1.94. The van der Waals surface area contributed by atoms with Crippen LogP contribution in [0.2, 0.25) is 0 Å². The van der Waals surface area contributed by atoms with Crippen molar-refractivity contribution in [3.63, 3.8) is 0 Å². The van der Waals surface area contributed by atoms with Crippen LogP contribution >= 0.6 is 0 Å². The van der Waals surface area contributed by atoms with Crippen LogP contribution in [-0.4, -0.2) is 20.2 Å². The molecule has 3 rings (SSSR count). The highest BCUT2D eigenvalue weighted by Gasteiger charge is 2.30. The van der Waals surface area contributed by atoms with Crippen molar-refractivity contribution in [2.24, 2.45) is 0 Å². The SMILES string of the molecule is Cc1nnc(Nc2nc3ccc(C(F)(F)F)cc3[nH]2)o1. The number of aromatic nitrogens is 4. The van der Waals surface area contributed by atoms with Crippen molar-refractivity contribution in [2.75, 3.05) is 5.32 Å². The minimum Gasteiger partial charge on any atom is -0.408 e. The van der Waals surface area contributed by atoms with Crippen molar-refractivity contribution in [1.82, 2.24) is 20.2 Å². The number of halogens is 3. The van der Waals surface area contributed by atoms with Crippen molar-refractivity contribution >= 4 is 23.0 Å². The van der Waals surface area contributed by atoms with E-state index in [1.807, 2.05) is 0 Å². The van der Waals surface area contributed by atoms with Gasteiger partial charge in [-0.25, -0.2) is 4.98 Å². The Kier molecular flexibility index (Phi) is 2.63. The number of hydrogen-bond donors (Lipinski definition) is 2. The van der Waals surface area contributed by atoms with Gasteiger partial charge in [-0.15, -0.1) is 5.10 Å². The Bertz CT molecular complexity index is 761. The number of rotatable bonds is 2. The minimum atomic E-state index is -4.39. The highest BCUT2D eigenvalue weighted by atomic mass is 19.4. The molecule has 0 aliphatic carbocycles. The summed E-state index contributed by atoms with van der Waals surface area (Å²) in [5, 5.41) is 10.00. The summed E-state index contributed by atoms with van der Waals surface area (Å²) in [4.78, 5) is 6.79. The third-order valence-corrected chi connectivity index (χ3v) is 2.56. The van der Waals surface area contributed by atoms with E-state index in [1.54, 1.807) is 6.92 Å². The number of anilines is 2. The molecule has 1 aromatic carbocycles. The van der Waals surface area contributed by atoms with Crippen molar-refractivity contribution in [1.29, 1.82) is 0 Å². The zero-order valence-corrected chi connectivity index (χ0v) is 10.1. The highest BCUT2D eigenvalue weighted by Crippen LogP contribution is 2.31. The maximum atomic E-state index is 12.6. The van der Waals surface area contributed by atoms with E-state index in [1.165, 1.54) is 6.07 Å². The second-order valence-electron chi connectivity index (χ2n) is 4.07. The highest BCUT2D eigenvalue weighted by molar-refractivity contribution is 5.78. The van der Waals surface area contributed by atoms with Crippen LogP contribution in [0.5, 0.6) is 0 Å². The van der Waals surface area contributed by atoms with Crippen LogP contribution < -0.4 is 5.32 Å². The number of benzene rings is 1. The van der Waals surface area contributed by atoms with Crippen LogP contribution in [0.25, 0.3) is 11.0 Å². The van der Waals surface area contributed by atoms with E-state index in [-0.39, 0.29) is 17.5 Å². The molecule has 0 aliphatic rings. The molecule has 2 N–H and O–H groups in total. The molecule has 2 heterocycles. The monoisotopic (exact) mass is 283 g/mol. The number of hydrogen-bond acceptors (Lipinski definition) is 5. The van der Waals surface area contributed by atoms with Gasteiger partial charge in [-0.1, -0.05) is 5.10 Å². The molecule has 0 saturated heterocycles. The molecule has 0 bridgehead atoms. The molecule has 0 fully saturated rings. The van der Waals surface area contributed by atoms with E-state index in [2.05, 4.69) is 25.5 Å². The summed E-state index contributed by atoms with van der Waals surface area (Å²) in [7, 11) is 0. The van der Waals surface area contributed by atoms with Gasteiger partial charge >= 0.3 is 12.2 Å². The second kappa shape index (κ2) is 4.22. The number of imidazole rings is 1. The number of nitrogens with zero attached hydrogens (tertiary/aromatic N) is 3. The number of H-pyrrole nitrogens is 1. The largest absolute Gasteiger partial charge is 0.416 e. The van der Waals surface area contributed by atoms with E-state index in [0.29, 0.717) is 11.4 Å². The Labute approximate surface area is 110 Å². The predicted octanol–water partition coefficient (Wildman–Crippen LogP) is 3.02. The molecule has 2 aromatic heterocycles. The summed E-state index contributed by atoms with van der Waals surface area (Å²) in [5.74, 6) is 0.589. The van der Waals surface area contributed by atoms with Gasteiger partial charge in [-0.05, 0) is 18.2 Å². The smallest absolute Gasteiger partial charge is 0.408 e. The summed E-state index contributed by atoms with van der Waals surface area (Å²) in [5.41, 5.74) is -0.0795. The van der Waals surface area contributed by atoms with Crippen LogP contribution in [0, 0.1) is 6.92 Å². The van der Waals surface area contributed by atoms with Gasteiger partial charge in [0.25, 0.3) is 0 Å². The number of alkyl halides is 3. The Hall–Kier alpha value is -2.58. The molecule has 9 heteroatoms. The Morgan fingerprint density at radius 3 is 2.70 bits per heavy atom. The second-order valence-corrected chi connectivity index (χ2v) is 4.07. The van der Waals surface area contributed by atoms with Gasteiger partial charge in [0.1, 0.15) is 0 Å². The average molecular weight is 283 g/mol. The van der Waals surface area contributed by atoms with Crippen LogP contribution in [0.15, 0.2) is 22.6 Å². The van der Waals surface area contributed by atoms with E-state index in [0.717, 1.165) is 12.1 Å². The lowest BCUT2D eigenvalue weighted by Crippen LogP contribution is -2.04. The molecule has 0 spiro atoms. The lowest BCUT2D eigenvalue weighted by molar-refractivity contribution is -0.137. The van der Waals surface area contributed by atoms with E-state index < -0.39 is 11.7 Å². The zero-order valence-electron chi connectivity index (χ0n) is 10.1. The van der Waals surface area contributed by atoms with Gasteiger partial charge in [0.15, 0.2) is 0 Å². The van der Waals surface area contributed by atoms with Crippen LogP contribution in [0.1, 0.15) is 11.5 Å². The summed E-state index contributed by atoms with van der Waals surface area (Å²) in [6.07, 6.45) is -4.39. The first-order valence-corrected chi connectivity index (χ1v) is 5.56. The molecule has 0 saturated carbocycles. The summed E-state index contributed by atoms with van der Waals surface area (Å²) < 4.78 is 42.9. The van der Waals surface area contributed by atoms with Gasteiger partial charge in [-0.2, -0.15) is 13.2 Å². The fourth-order valence-electron chi connectivity index (χ4n) is 1.69. The first kappa shape index (κ1) is 12.5. The van der Waals surface area contributed by atoms with Crippen LogP contribution in [-0.2, 0) is 6.18 Å². The van der Waals surface area contributed by atoms with Gasteiger partial charge in [0.05, 0.1) is 16.6 Å². The third-order valence-electron chi connectivity index (χ3n) is 2.56. The van der Waals surface area contributed by atoms with Gasteiger partial charge in [0, 0.05) is 6.92 Å². The van der Waals surface area contributed by atoms with E-state index in [4.69, 9.17) is 4.42 Å². The van der Waals surface area contributed by atoms with Crippen molar-refractivity contribution in [3.8, 4) is 0 Å². The number of aromatic amines is 1. The number of nitrogens with one attached hydrogen (secondary N) is 2. The molecule has 3 aromatic rings. The maximum Gasteiger partial charge on any atom is 0.416 e. The molecular weight excluding hydrogens is 275 g/mol. The zero-order chi connectivity index (χ0) is 14.3. The van der Waals surface area contributed by atoms with E-state index in [9.17, 15) is 13.2 Å². The van der Waals surface area contributed by atoms with Gasteiger partial charge < -0.3 is 9.40 Å². The fourth-order valence-corrected chi connectivity index (χ4v) is 1.69. The molecule has 6 nitrogen and oxygen atoms in total. The molecule has 0 atom stereocenters. The van der Waals surface area contributed by atoms with Gasteiger partial charge in [0.2, 0.25) is 11.8 Å². The average Bonchev–Trinajstić information content (AvgIpc) is 2.93. The molecule has 0 radical (unpaired) electrons. The first-order chi connectivity index (χ1) is 9.41. The predicted molar refractivity (Wildman–Crippen MR) is 63.4 cm³/mol. The molecule has 0 unspecified atom stereocenters. The lowest BCUT2D eigenvalue weighted by atomic mass is 10.2. The molecular formula is C11H8F3N5O. The van der Waals surface area contributed by atoms with Crippen LogP contribution in [0.4, 0.5) is 25.1 Å². The molecule has 0 aliphatic heterocycles. The maximum absolute atomic E-state index is 12.6. The van der Waals surface area contributed by atoms with Crippen LogP contribution in [0.3, 0.4) is 0 Å². The Morgan fingerprint density at radius 2 is 2.05 bits per heavy atom. The molecule has 20 heavy (non-hydrogen) atoms. The first-order valence-electron chi connectivity index (χ1n) is 5.56. The third kappa shape index (κ3) is 2.29. The molecule has 104 valence electrons. The topological polar surface area (TPSA) is 79.6 Å². The Morgan fingerprint density at radius 1 is 1.25 bits per heavy atom. The summed E-state index contributed by atoms with van der Waals surface area (Å²) in [6.45, 7) is 1.62. The minimum absolute atomic E-state index is 0.109. The molecule has 0 amide bonds.